The Kier molecular flexibility index (Phi) is 11.5. The number of amides is 2. The van der Waals surface area contributed by atoms with E-state index in [4.69, 9.17) is 4.74 Å². The molecule has 2 N–H and O–H groups in total. The number of hydrogen-bond donors (Lipinski definition) is 2. The maximum Gasteiger partial charge on any atom is 0.407 e. The van der Waals surface area contributed by atoms with E-state index in [-0.39, 0.29) is 57.9 Å². The number of anilines is 1. The molecule has 4 aliphatic rings. The van der Waals surface area contributed by atoms with Gasteiger partial charge in [-0.15, -0.1) is 0 Å². The van der Waals surface area contributed by atoms with Crippen molar-refractivity contribution < 1.29 is 31.5 Å². The highest BCUT2D eigenvalue weighted by molar-refractivity contribution is 7.91. The van der Waals surface area contributed by atoms with E-state index in [0.29, 0.717) is 18.7 Å². The number of halogens is 2. The average Bonchev–Trinajstić information content (AvgIpc) is 3.62. The normalized spacial score (nSPS) is 22.9. The number of carbonyl (C=O) groups excluding carboxylic acids is 2. The second-order valence-electron chi connectivity index (χ2n) is 15.9. The van der Waals surface area contributed by atoms with E-state index in [1.807, 2.05) is 11.8 Å². The highest BCUT2D eigenvalue weighted by Crippen LogP contribution is 2.51. The number of alkyl carbamates (subject to hydrolysis) is 1. The van der Waals surface area contributed by atoms with Gasteiger partial charge in [0.2, 0.25) is 9.84 Å². The van der Waals surface area contributed by atoms with Crippen LogP contribution < -0.4 is 15.5 Å². The zero-order chi connectivity index (χ0) is 38.8. The molecule has 3 aliphatic heterocycles. The Labute approximate surface area is 323 Å². The van der Waals surface area contributed by atoms with Crippen LogP contribution in [-0.2, 0) is 20.0 Å². The van der Waals surface area contributed by atoms with Crippen molar-refractivity contribution in [3.63, 3.8) is 0 Å². The van der Waals surface area contributed by atoms with Crippen LogP contribution >= 0.6 is 0 Å². The number of piperidine rings is 1. The second kappa shape index (κ2) is 16.2. The van der Waals surface area contributed by atoms with Gasteiger partial charge >= 0.3 is 6.09 Å². The minimum absolute atomic E-state index is 0.0779. The minimum Gasteiger partial charge on any atom is -0.453 e. The van der Waals surface area contributed by atoms with Crippen molar-refractivity contribution in [2.45, 2.75) is 72.4 Å². The Morgan fingerprint density at radius 3 is 2.16 bits per heavy atom. The number of nitrogens with one attached hydrogen (secondary N) is 2. The summed E-state index contributed by atoms with van der Waals surface area (Å²) in [7, 11) is -2.41. The number of benzene rings is 3. The average molecular weight is 778 g/mol. The molecule has 0 spiro atoms. The smallest absolute Gasteiger partial charge is 0.407 e. The summed E-state index contributed by atoms with van der Waals surface area (Å²) in [4.78, 5) is 31.4. The number of hydrogen-bond acceptors (Lipinski definition) is 8. The highest BCUT2D eigenvalue weighted by atomic mass is 32.2. The van der Waals surface area contributed by atoms with Crippen molar-refractivity contribution in [1.82, 2.24) is 20.4 Å². The van der Waals surface area contributed by atoms with Crippen LogP contribution in [0.1, 0.15) is 61.4 Å². The molecule has 3 atom stereocenters. The Balaban J connectivity index is 1.00. The lowest BCUT2D eigenvalue weighted by Gasteiger charge is -2.54. The molecule has 0 radical (unpaired) electrons. The van der Waals surface area contributed by atoms with Crippen molar-refractivity contribution in [3.05, 3.63) is 89.7 Å². The van der Waals surface area contributed by atoms with Gasteiger partial charge in [0.1, 0.15) is 5.82 Å². The molecule has 296 valence electrons. The van der Waals surface area contributed by atoms with Gasteiger partial charge in [-0.1, -0.05) is 18.6 Å². The Morgan fingerprint density at radius 2 is 1.56 bits per heavy atom. The van der Waals surface area contributed by atoms with Gasteiger partial charge in [0.05, 0.1) is 30.0 Å². The summed E-state index contributed by atoms with van der Waals surface area (Å²) in [6.07, 6.45) is 5.15. The molecule has 3 aromatic carbocycles. The monoisotopic (exact) mass is 777 g/mol. The number of ether oxygens (including phenoxy) is 1. The number of methoxy groups -OCH3 is 1. The predicted octanol–water partition coefficient (Wildman–Crippen LogP) is 5.82. The first kappa shape index (κ1) is 39.2. The molecule has 10 nitrogen and oxygen atoms in total. The lowest BCUT2D eigenvalue weighted by molar-refractivity contribution is 0.00584. The fraction of sp³-hybridized carbons (Fsp3) is 0.524. The van der Waals surface area contributed by atoms with E-state index in [2.05, 4.69) is 26.5 Å². The summed E-state index contributed by atoms with van der Waals surface area (Å²) in [5.41, 5.74) is 0.355. The van der Waals surface area contributed by atoms with Gasteiger partial charge in [-0.2, -0.15) is 0 Å². The summed E-state index contributed by atoms with van der Waals surface area (Å²) in [6.45, 7) is 7.30. The van der Waals surface area contributed by atoms with Gasteiger partial charge < -0.3 is 25.2 Å². The standard InChI is InChI=1S/C42H53F2N5O5S/c1-3-45-39(50)30-11-15-35(16-12-30)55(52,53)36-17-13-34(14-18-36)49-27-41(44,28-49)26-48-23-19-31(20-24-48)42(29-47-21-6-22-47,32-7-4-8-33(43)25-32)37-9-5-10-38(37)46-40(51)54-2/h4,7-8,11-18,25,31,37-38H,3,5-6,9-10,19-24,26-29H2,1-2H3,(H,45,50)(H,46,51)/t37-,38-,42?/m0/s1. The molecule has 4 fully saturated rings. The maximum atomic E-state index is 16.3. The fourth-order valence-electron chi connectivity index (χ4n) is 9.69. The van der Waals surface area contributed by atoms with Crippen LogP contribution in [0.4, 0.5) is 19.3 Å². The molecule has 55 heavy (non-hydrogen) atoms. The first-order chi connectivity index (χ1) is 26.4. The predicted molar refractivity (Wildman–Crippen MR) is 207 cm³/mol. The van der Waals surface area contributed by atoms with Crippen LogP contribution in [0.3, 0.4) is 0 Å². The van der Waals surface area contributed by atoms with Gasteiger partial charge in [0.25, 0.3) is 5.91 Å². The first-order valence-electron chi connectivity index (χ1n) is 19.7. The summed E-state index contributed by atoms with van der Waals surface area (Å²) in [5, 5.41) is 5.84. The van der Waals surface area contributed by atoms with E-state index in [1.54, 1.807) is 36.4 Å². The number of likely N-dealkylation sites (tertiary alicyclic amines) is 2. The quantitative estimate of drug-likeness (QED) is 0.224. The lowest BCUT2D eigenvalue weighted by atomic mass is 9.57. The molecular weight excluding hydrogens is 725 g/mol. The highest BCUT2D eigenvalue weighted by Gasteiger charge is 2.54. The molecule has 3 aromatic rings. The molecule has 2 amide bonds. The Bertz CT molecular complexity index is 1930. The number of alkyl halides is 1. The zero-order valence-electron chi connectivity index (χ0n) is 31.8. The maximum absolute atomic E-state index is 16.3. The van der Waals surface area contributed by atoms with Crippen LogP contribution in [0.15, 0.2) is 82.6 Å². The van der Waals surface area contributed by atoms with E-state index in [9.17, 15) is 22.4 Å². The first-order valence-corrected chi connectivity index (χ1v) is 21.1. The van der Waals surface area contributed by atoms with Gasteiger partial charge in [0, 0.05) is 42.3 Å². The largest absolute Gasteiger partial charge is 0.453 e. The van der Waals surface area contributed by atoms with Crippen LogP contribution in [0.2, 0.25) is 0 Å². The van der Waals surface area contributed by atoms with Crippen LogP contribution in [0.5, 0.6) is 0 Å². The molecule has 7 rings (SSSR count). The molecule has 0 bridgehead atoms. The Morgan fingerprint density at radius 1 is 0.891 bits per heavy atom. The third-order valence-corrected chi connectivity index (χ3v) is 14.3. The van der Waals surface area contributed by atoms with Crippen molar-refractivity contribution in [2.75, 3.05) is 70.9 Å². The van der Waals surface area contributed by atoms with E-state index >= 15 is 4.39 Å². The van der Waals surface area contributed by atoms with Crippen LogP contribution in [-0.4, -0.2) is 108 Å². The van der Waals surface area contributed by atoms with Crippen molar-refractivity contribution >= 4 is 27.5 Å². The number of carbonyl (C=O) groups is 2. The van der Waals surface area contributed by atoms with Gasteiger partial charge in [-0.3, -0.25) is 9.69 Å². The fourth-order valence-corrected chi connectivity index (χ4v) is 10.9. The molecule has 3 saturated heterocycles. The topological polar surface area (TPSA) is 111 Å². The molecular formula is C42H53F2N5O5S. The number of rotatable bonds is 13. The summed E-state index contributed by atoms with van der Waals surface area (Å²) in [6, 6.07) is 19.4. The summed E-state index contributed by atoms with van der Waals surface area (Å²) >= 11 is 0. The molecule has 3 heterocycles. The van der Waals surface area contributed by atoms with Crippen LogP contribution in [0.25, 0.3) is 0 Å². The third kappa shape index (κ3) is 8.11. The zero-order valence-corrected chi connectivity index (χ0v) is 32.6. The van der Waals surface area contributed by atoms with E-state index in [1.165, 1.54) is 37.4 Å². The van der Waals surface area contributed by atoms with Gasteiger partial charge in [-0.25, -0.2) is 22.0 Å². The molecule has 13 heteroatoms. The minimum atomic E-state index is -3.80. The van der Waals surface area contributed by atoms with Gasteiger partial charge in [-0.05, 0) is 143 Å². The SMILES string of the molecule is CCNC(=O)c1ccc(S(=O)(=O)c2ccc(N3CC(F)(CN4CCC(C(CN5CCC5)(c5cccc(F)c5)[C@H]5CCC[C@@H]5NC(=O)OC)CC4)C3)cc2)cc1. The summed E-state index contributed by atoms with van der Waals surface area (Å²) in [5.74, 6) is -0.187. The summed E-state index contributed by atoms with van der Waals surface area (Å²) < 4.78 is 62.9. The molecule has 0 aromatic heterocycles. The van der Waals surface area contributed by atoms with Crippen LogP contribution in [0, 0.1) is 17.7 Å². The third-order valence-electron chi connectivity index (χ3n) is 12.5. The second-order valence-corrected chi connectivity index (χ2v) is 17.8. The van der Waals surface area contributed by atoms with Crippen molar-refractivity contribution in [3.8, 4) is 0 Å². The van der Waals surface area contributed by atoms with E-state index in [0.717, 1.165) is 82.5 Å². The lowest BCUT2D eigenvalue weighted by Crippen LogP contribution is -2.65. The molecule has 1 unspecified atom stereocenters. The number of sulfone groups is 1. The molecule has 1 saturated carbocycles. The molecule has 1 aliphatic carbocycles. The number of nitrogens with zero attached hydrogens (tertiary/aromatic N) is 3. The van der Waals surface area contributed by atoms with Crippen molar-refractivity contribution in [2.24, 2.45) is 11.8 Å². The Hall–Kier alpha value is -4.07. The van der Waals surface area contributed by atoms with Gasteiger partial charge in [0.15, 0.2) is 5.67 Å². The van der Waals surface area contributed by atoms with E-state index < -0.39 is 21.6 Å². The van der Waals surface area contributed by atoms with Crippen molar-refractivity contribution in [1.29, 1.82) is 0 Å².